The zero-order valence-corrected chi connectivity index (χ0v) is 10.6. The van der Waals surface area contributed by atoms with Crippen molar-refractivity contribution in [3.63, 3.8) is 0 Å². The first-order valence-electron chi connectivity index (χ1n) is 5.43. The van der Waals surface area contributed by atoms with Gasteiger partial charge in [0.15, 0.2) is 6.61 Å². The van der Waals surface area contributed by atoms with Crippen LogP contribution in [0, 0.1) is 0 Å². The van der Waals surface area contributed by atoms with Crippen molar-refractivity contribution in [3.05, 3.63) is 46.7 Å². The number of rotatable bonds is 5. The maximum atomic E-state index is 11.8. The van der Waals surface area contributed by atoms with Gasteiger partial charge < -0.3 is 15.2 Å². The first-order valence-corrected chi connectivity index (χ1v) is 6.37. The summed E-state index contributed by atoms with van der Waals surface area (Å²) in [6, 6.07) is 8.32. The van der Waals surface area contributed by atoms with Gasteiger partial charge in [0.1, 0.15) is 5.75 Å². The van der Waals surface area contributed by atoms with Crippen LogP contribution in [-0.4, -0.2) is 23.6 Å². The molecule has 98 valence electrons. The Balaban J connectivity index is 2.02. The molecule has 2 rings (SSSR count). The van der Waals surface area contributed by atoms with E-state index in [1.807, 2.05) is 5.38 Å². The number of carbonyl (C=O) groups excluding carboxylic acids is 1. The predicted molar refractivity (Wildman–Crippen MR) is 71.8 cm³/mol. The standard InChI is InChI=1S/C13H11NO4S/c15-12(16)7-18-11-3-1-2-10(6-11)14-13(17)9-4-5-19-8-9/h1-6,8H,7H2,(H,14,17)(H,15,16). The summed E-state index contributed by atoms with van der Waals surface area (Å²) in [7, 11) is 0. The van der Waals surface area contributed by atoms with Gasteiger partial charge in [0, 0.05) is 17.1 Å². The Morgan fingerprint density at radius 2 is 2.16 bits per heavy atom. The summed E-state index contributed by atoms with van der Waals surface area (Å²) in [5, 5.41) is 14.8. The van der Waals surface area contributed by atoms with Crippen LogP contribution in [-0.2, 0) is 4.79 Å². The fourth-order valence-electron chi connectivity index (χ4n) is 1.41. The average molecular weight is 277 g/mol. The van der Waals surface area contributed by atoms with Crippen molar-refractivity contribution in [2.24, 2.45) is 0 Å². The highest BCUT2D eigenvalue weighted by atomic mass is 32.1. The molecule has 1 aromatic carbocycles. The van der Waals surface area contributed by atoms with E-state index < -0.39 is 12.6 Å². The quantitative estimate of drug-likeness (QED) is 0.880. The number of nitrogens with one attached hydrogen (secondary N) is 1. The topological polar surface area (TPSA) is 75.6 Å². The minimum atomic E-state index is -1.05. The average Bonchev–Trinajstić information content (AvgIpc) is 2.91. The molecule has 0 aliphatic carbocycles. The number of hydrogen-bond acceptors (Lipinski definition) is 4. The van der Waals surface area contributed by atoms with E-state index in [4.69, 9.17) is 9.84 Å². The molecule has 0 spiro atoms. The first-order chi connectivity index (χ1) is 9.15. The minimum absolute atomic E-state index is 0.211. The summed E-state index contributed by atoms with van der Waals surface area (Å²) < 4.78 is 5.03. The molecule has 0 aliphatic heterocycles. The second-order valence-electron chi connectivity index (χ2n) is 3.68. The summed E-state index contributed by atoms with van der Waals surface area (Å²) in [4.78, 5) is 22.2. The molecule has 2 aromatic rings. The van der Waals surface area contributed by atoms with Gasteiger partial charge in [-0.25, -0.2) is 4.79 Å². The molecule has 0 atom stereocenters. The molecule has 1 aromatic heterocycles. The van der Waals surface area contributed by atoms with Gasteiger partial charge in [-0.2, -0.15) is 11.3 Å². The molecule has 0 bridgehead atoms. The van der Waals surface area contributed by atoms with E-state index in [1.54, 1.807) is 35.7 Å². The molecule has 1 amide bonds. The Kier molecular flexibility index (Phi) is 4.15. The van der Waals surface area contributed by atoms with Gasteiger partial charge in [0.25, 0.3) is 5.91 Å². The van der Waals surface area contributed by atoms with E-state index in [0.717, 1.165) is 0 Å². The fraction of sp³-hybridized carbons (Fsp3) is 0.0769. The second kappa shape index (κ2) is 6.01. The van der Waals surface area contributed by atoms with E-state index >= 15 is 0 Å². The molecule has 1 heterocycles. The number of amides is 1. The molecule has 0 saturated carbocycles. The van der Waals surface area contributed by atoms with Crippen LogP contribution < -0.4 is 10.1 Å². The number of ether oxygens (including phenoxy) is 1. The van der Waals surface area contributed by atoms with Crippen LogP contribution in [0.4, 0.5) is 5.69 Å². The Morgan fingerprint density at radius 3 is 2.84 bits per heavy atom. The summed E-state index contributed by atoms with van der Waals surface area (Å²) in [6.45, 7) is -0.415. The monoisotopic (exact) mass is 277 g/mol. The third kappa shape index (κ3) is 3.82. The number of carbonyl (C=O) groups is 2. The van der Waals surface area contributed by atoms with Crippen LogP contribution in [0.1, 0.15) is 10.4 Å². The maximum Gasteiger partial charge on any atom is 0.341 e. The molecule has 19 heavy (non-hydrogen) atoms. The highest BCUT2D eigenvalue weighted by Crippen LogP contribution is 2.18. The van der Waals surface area contributed by atoms with Crippen molar-refractivity contribution in [1.29, 1.82) is 0 Å². The van der Waals surface area contributed by atoms with Crippen LogP contribution in [0.3, 0.4) is 0 Å². The first kappa shape index (κ1) is 13.1. The van der Waals surface area contributed by atoms with Gasteiger partial charge >= 0.3 is 5.97 Å². The number of anilines is 1. The van der Waals surface area contributed by atoms with Crippen LogP contribution in [0.2, 0.25) is 0 Å². The largest absolute Gasteiger partial charge is 0.482 e. The van der Waals surface area contributed by atoms with E-state index in [1.165, 1.54) is 11.3 Å². The lowest BCUT2D eigenvalue weighted by Crippen LogP contribution is -2.12. The van der Waals surface area contributed by atoms with Crippen molar-refractivity contribution in [3.8, 4) is 5.75 Å². The Morgan fingerprint density at radius 1 is 1.32 bits per heavy atom. The van der Waals surface area contributed by atoms with Gasteiger partial charge in [-0.05, 0) is 23.6 Å². The van der Waals surface area contributed by atoms with Crippen LogP contribution >= 0.6 is 11.3 Å². The van der Waals surface area contributed by atoms with Gasteiger partial charge in [0.05, 0.1) is 5.56 Å². The Bertz CT molecular complexity index is 580. The molecule has 6 heteroatoms. The fourth-order valence-corrected chi connectivity index (χ4v) is 2.04. The number of thiophene rings is 1. The van der Waals surface area contributed by atoms with Crippen molar-refractivity contribution in [2.45, 2.75) is 0 Å². The van der Waals surface area contributed by atoms with E-state index in [2.05, 4.69) is 5.32 Å². The smallest absolute Gasteiger partial charge is 0.341 e. The zero-order chi connectivity index (χ0) is 13.7. The molecular formula is C13H11NO4S. The highest BCUT2D eigenvalue weighted by Gasteiger charge is 2.07. The minimum Gasteiger partial charge on any atom is -0.482 e. The predicted octanol–water partition coefficient (Wildman–Crippen LogP) is 2.46. The molecule has 0 unspecified atom stereocenters. The normalized spacial score (nSPS) is 9.89. The summed E-state index contributed by atoms with van der Waals surface area (Å²) in [6.07, 6.45) is 0. The van der Waals surface area contributed by atoms with Crippen LogP contribution in [0.15, 0.2) is 41.1 Å². The van der Waals surface area contributed by atoms with Crippen LogP contribution in [0.25, 0.3) is 0 Å². The third-order valence-electron chi connectivity index (χ3n) is 2.24. The maximum absolute atomic E-state index is 11.8. The number of aliphatic carboxylic acids is 1. The lowest BCUT2D eigenvalue weighted by molar-refractivity contribution is -0.139. The van der Waals surface area contributed by atoms with Gasteiger partial charge in [-0.1, -0.05) is 6.07 Å². The summed E-state index contributed by atoms with van der Waals surface area (Å²) >= 11 is 1.44. The van der Waals surface area contributed by atoms with E-state index in [9.17, 15) is 9.59 Å². The van der Waals surface area contributed by atoms with Crippen LogP contribution in [0.5, 0.6) is 5.75 Å². The molecule has 5 nitrogen and oxygen atoms in total. The lowest BCUT2D eigenvalue weighted by atomic mass is 10.2. The summed E-state index contributed by atoms with van der Waals surface area (Å²) in [5.74, 6) is -0.866. The Labute approximate surface area is 113 Å². The number of benzene rings is 1. The van der Waals surface area contributed by atoms with Crippen molar-refractivity contribution >= 4 is 28.9 Å². The van der Waals surface area contributed by atoms with E-state index in [-0.39, 0.29) is 5.91 Å². The SMILES string of the molecule is O=C(O)COc1cccc(NC(=O)c2ccsc2)c1. The number of carboxylic acids is 1. The molecule has 0 saturated heterocycles. The molecule has 2 N–H and O–H groups in total. The van der Waals surface area contributed by atoms with E-state index in [0.29, 0.717) is 17.0 Å². The highest BCUT2D eigenvalue weighted by molar-refractivity contribution is 7.08. The number of hydrogen-bond donors (Lipinski definition) is 2. The Hall–Kier alpha value is -2.34. The molecule has 0 fully saturated rings. The molecule has 0 radical (unpaired) electrons. The number of carboxylic acid groups (broad SMARTS) is 1. The van der Waals surface area contributed by atoms with Gasteiger partial charge in [0.2, 0.25) is 0 Å². The lowest BCUT2D eigenvalue weighted by Gasteiger charge is -2.07. The van der Waals surface area contributed by atoms with Crippen molar-refractivity contribution < 1.29 is 19.4 Å². The summed E-state index contributed by atoms with van der Waals surface area (Å²) in [5.41, 5.74) is 1.14. The van der Waals surface area contributed by atoms with Gasteiger partial charge in [-0.15, -0.1) is 0 Å². The van der Waals surface area contributed by atoms with Gasteiger partial charge in [-0.3, -0.25) is 4.79 Å². The van der Waals surface area contributed by atoms with Crippen molar-refractivity contribution in [1.82, 2.24) is 0 Å². The van der Waals surface area contributed by atoms with Crippen molar-refractivity contribution in [2.75, 3.05) is 11.9 Å². The molecule has 0 aliphatic rings. The second-order valence-corrected chi connectivity index (χ2v) is 4.46. The zero-order valence-electron chi connectivity index (χ0n) is 9.83. The molecular weight excluding hydrogens is 266 g/mol. The third-order valence-corrected chi connectivity index (χ3v) is 2.92.